The van der Waals surface area contributed by atoms with E-state index < -0.39 is 15.5 Å². The number of methoxy groups -OCH3 is 1. The lowest BCUT2D eigenvalue weighted by atomic mass is 10.2. The number of halogens is 3. The fourth-order valence-corrected chi connectivity index (χ4v) is 0.626. The Balaban J connectivity index is -0.000000102. The summed E-state index contributed by atoms with van der Waals surface area (Å²) in [5, 5.41) is 15.5. The van der Waals surface area contributed by atoms with E-state index in [-0.39, 0.29) is 13.2 Å². The van der Waals surface area contributed by atoms with E-state index >= 15 is 0 Å². The summed E-state index contributed by atoms with van der Waals surface area (Å²) in [4.78, 5) is 0. The highest BCUT2D eigenvalue weighted by Gasteiger charge is 1.79. The number of aliphatic hydroxyl groups is 2. The van der Waals surface area contributed by atoms with Crippen molar-refractivity contribution in [1.29, 1.82) is 0 Å². The van der Waals surface area contributed by atoms with E-state index in [0.29, 0.717) is 6.61 Å². The molecule has 0 fully saturated rings. The van der Waals surface area contributed by atoms with Gasteiger partial charge >= 0.3 is 0 Å². The van der Waals surface area contributed by atoms with Gasteiger partial charge in [-0.25, -0.2) is 0 Å². The van der Waals surface area contributed by atoms with Crippen molar-refractivity contribution < 1.29 is 19.5 Å². The molecule has 1 aromatic rings. The molecule has 0 unspecified atom stereocenters. The number of benzene rings is 1. The Bertz CT molecular complexity index is 265. The summed E-state index contributed by atoms with van der Waals surface area (Å²) < 4.78 is 13.2. The molecule has 0 heterocycles. The van der Waals surface area contributed by atoms with Crippen molar-refractivity contribution in [3.8, 4) is 0 Å². The van der Waals surface area contributed by atoms with Crippen LogP contribution in [0.1, 0.15) is 12.5 Å². The minimum atomic E-state index is -0.750. The molecular weight excluding hydrogens is 383 g/mol. The van der Waals surface area contributed by atoms with Gasteiger partial charge in [-0.05, 0) is 13.8 Å². The van der Waals surface area contributed by atoms with Crippen LogP contribution in [0.15, 0.2) is 30.3 Å². The normalized spacial score (nSPS) is 8.39. The Morgan fingerprint density at radius 2 is 1.43 bits per heavy atom. The second-order valence-electron chi connectivity index (χ2n) is 3.68. The molecule has 0 aliphatic heterocycles. The molecule has 0 spiro atoms. The predicted octanol–water partition coefficient (Wildman–Crippen LogP) is 3.60. The van der Waals surface area contributed by atoms with Crippen LogP contribution >= 0.6 is 34.8 Å². The van der Waals surface area contributed by atoms with Crippen LogP contribution in [0.25, 0.3) is 0 Å². The van der Waals surface area contributed by atoms with Gasteiger partial charge in [-0.15, -0.1) is 0 Å². The number of aryl methyl sites for hydroxylation is 1. The predicted molar refractivity (Wildman–Crippen MR) is 104 cm³/mol. The number of alkyl halides is 3. The van der Waals surface area contributed by atoms with Gasteiger partial charge in [-0.3, -0.25) is 0 Å². The highest BCUT2D eigenvalue weighted by Crippen LogP contribution is 2.03. The molecule has 4 nitrogen and oxygen atoms in total. The Hall–Kier alpha value is 0.280. The average Bonchev–Trinajstić information content (AvgIpc) is 2.41. The average molecular weight is 412 g/mol. The van der Waals surface area contributed by atoms with E-state index in [4.69, 9.17) is 45.0 Å². The van der Waals surface area contributed by atoms with Crippen molar-refractivity contribution in [3.63, 3.8) is 0 Å². The molecule has 0 amide bonds. The summed E-state index contributed by atoms with van der Waals surface area (Å²) in [5.74, 6) is 0. The maximum atomic E-state index is 9.56. The summed E-state index contributed by atoms with van der Waals surface area (Å²) in [5.41, 5.74) is 1.32. The van der Waals surface area contributed by atoms with Gasteiger partial charge < -0.3 is 19.5 Å². The van der Waals surface area contributed by atoms with Crippen molar-refractivity contribution in [2.24, 2.45) is 0 Å². The minimum Gasteiger partial charge on any atom is -0.617 e. The van der Waals surface area contributed by atoms with Crippen LogP contribution in [0.2, 0.25) is 0 Å². The number of hydrogen-bond donors (Lipinski definition) is 2. The van der Waals surface area contributed by atoms with E-state index in [1.165, 1.54) is 5.56 Å². The van der Waals surface area contributed by atoms with Crippen LogP contribution in [-0.4, -0.2) is 58.5 Å². The van der Waals surface area contributed by atoms with E-state index in [1.807, 2.05) is 18.2 Å². The maximum absolute atomic E-state index is 9.56. The Kier molecular flexibility index (Phi) is 40.8. The third-order valence-electron chi connectivity index (χ3n) is 1.24. The van der Waals surface area contributed by atoms with Crippen LogP contribution < -0.4 is 0 Å². The lowest BCUT2D eigenvalue weighted by Gasteiger charge is -1.87. The molecule has 1 aromatic carbocycles. The zero-order chi connectivity index (χ0) is 19.1. The second kappa shape index (κ2) is 30.2. The SMILES string of the molecule is CCO.COCCO.C[S+](C)[O-].Cc1ccccc1.ClC(Cl)Cl. The first-order valence-electron chi connectivity index (χ1n) is 6.58. The van der Waals surface area contributed by atoms with Crippen molar-refractivity contribution in [1.82, 2.24) is 0 Å². The van der Waals surface area contributed by atoms with Gasteiger partial charge in [0.1, 0.15) is 0 Å². The summed E-state index contributed by atoms with van der Waals surface area (Å²) in [6, 6.07) is 10.3. The van der Waals surface area contributed by atoms with Crippen molar-refractivity contribution in [2.45, 2.75) is 18.1 Å². The molecule has 0 atom stereocenters. The van der Waals surface area contributed by atoms with Crippen LogP contribution in [0, 0.1) is 6.92 Å². The zero-order valence-corrected chi connectivity index (χ0v) is 17.4. The van der Waals surface area contributed by atoms with Crippen molar-refractivity contribution >= 4 is 46.0 Å². The molecule has 23 heavy (non-hydrogen) atoms. The third kappa shape index (κ3) is 86.7. The maximum Gasteiger partial charge on any atom is 0.180 e. The Morgan fingerprint density at radius 3 is 1.52 bits per heavy atom. The molecule has 0 radical (unpaired) electrons. The molecule has 0 aliphatic carbocycles. The van der Waals surface area contributed by atoms with Crippen molar-refractivity contribution in [2.75, 3.05) is 39.4 Å². The molecule has 1 rings (SSSR count). The van der Waals surface area contributed by atoms with Gasteiger partial charge in [0.2, 0.25) is 0 Å². The van der Waals surface area contributed by atoms with Gasteiger partial charge in [-0.1, -0.05) is 81.9 Å². The van der Waals surface area contributed by atoms with E-state index in [1.54, 1.807) is 26.5 Å². The van der Waals surface area contributed by atoms with Gasteiger partial charge in [-0.2, -0.15) is 0 Å². The van der Waals surface area contributed by atoms with Crippen molar-refractivity contribution in [3.05, 3.63) is 35.9 Å². The van der Waals surface area contributed by atoms with Crippen LogP contribution in [0.3, 0.4) is 0 Å². The first kappa shape index (κ1) is 31.1. The molecule has 0 saturated heterocycles. The number of aliphatic hydroxyl groups excluding tert-OH is 2. The van der Waals surface area contributed by atoms with E-state index in [2.05, 4.69) is 23.8 Å². The highest BCUT2D eigenvalue weighted by atomic mass is 35.6. The summed E-state index contributed by atoms with van der Waals surface area (Å²) >= 11 is 13.8. The second-order valence-corrected chi connectivity index (χ2v) is 7.14. The lowest BCUT2D eigenvalue weighted by Crippen LogP contribution is -1.91. The van der Waals surface area contributed by atoms with E-state index in [0.717, 1.165) is 0 Å². The lowest BCUT2D eigenvalue weighted by molar-refractivity contribution is 0.135. The molecule has 0 aromatic heterocycles. The van der Waals surface area contributed by atoms with Crippen LogP contribution in [-0.2, 0) is 15.9 Å². The fourth-order valence-electron chi connectivity index (χ4n) is 0.626. The quantitative estimate of drug-likeness (QED) is 0.576. The van der Waals surface area contributed by atoms with Gasteiger partial charge in [0, 0.05) is 13.7 Å². The molecule has 140 valence electrons. The summed E-state index contributed by atoms with van der Waals surface area (Å²) in [6.45, 7) is 4.58. The molecule has 0 aliphatic rings. The van der Waals surface area contributed by atoms with Gasteiger partial charge in [0.05, 0.1) is 25.7 Å². The summed E-state index contributed by atoms with van der Waals surface area (Å²) in [7, 11) is 1.55. The first-order valence-corrected chi connectivity index (χ1v) is 9.86. The Labute approximate surface area is 158 Å². The molecular formula is C15H29Cl3O4S. The monoisotopic (exact) mass is 410 g/mol. The number of rotatable bonds is 2. The summed E-state index contributed by atoms with van der Waals surface area (Å²) in [6.07, 6.45) is 3.28. The molecule has 2 N–H and O–H groups in total. The highest BCUT2D eigenvalue weighted by molar-refractivity contribution is 7.89. The van der Waals surface area contributed by atoms with Gasteiger partial charge in [0.25, 0.3) is 0 Å². The Morgan fingerprint density at radius 1 is 1.13 bits per heavy atom. The largest absolute Gasteiger partial charge is 0.617 e. The number of ether oxygens (including phenoxy) is 1. The molecule has 8 heteroatoms. The minimum absolute atomic E-state index is 0.122. The third-order valence-corrected chi connectivity index (χ3v) is 1.24. The molecule has 0 saturated carbocycles. The first-order chi connectivity index (χ1) is 10.7. The topological polar surface area (TPSA) is 72.8 Å². The van der Waals surface area contributed by atoms with Crippen LogP contribution in [0.4, 0.5) is 0 Å². The standard InChI is InChI=1S/C7H8.C3H8O2.C2H6OS.C2H6O.CHCl3/c1-7-5-3-2-4-6-7;1-5-3-2-4;1-4(2)3;1-2-3;2-1(3)4/h2-6H,1H3;4H,2-3H2,1H3;1-2H3;3H,2H2,1H3;1H. The van der Waals surface area contributed by atoms with E-state index in [9.17, 15) is 4.55 Å². The molecule has 0 bridgehead atoms. The smallest absolute Gasteiger partial charge is 0.180 e. The van der Waals surface area contributed by atoms with Crippen LogP contribution in [0.5, 0.6) is 0 Å². The zero-order valence-electron chi connectivity index (χ0n) is 14.3. The van der Waals surface area contributed by atoms with Gasteiger partial charge in [0.15, 0.2) is 4.30 Å². The fraction of sp³-hybridized carbons (Fsp3) is 0.600. The number of hydrogen-bond acceptors (Lipinski definition) is 4.